The topological polar surface area (TPSA) is 52.9 Å². The smallest absolute Gasteiger partial charge is 0.351 e. The lowest BCUT2D eigenvalue weighted by Gasteiger charge is -2.07. The van der Waals surface area contributed by atoms with Gasteiger partial charge in [-0.3, -0.25) is 4.79 Å². The number of hydrogen-bond acceptors (Lipinski definition) is 2. The molecular formula is C11H9F3N2O. The number of hydrogen-bond donors (Lipinski definition) is 1. The monoisotopic (exact) mass is 242 g/mol. The first kappa shape index (κ1) is 13.0. The third-order valence-corrected chi connectivity index (χ3v) is 2.01. The number of nitrogens with one attached hydrogen (secondary N) is 1. The first-order valence-corrected chi connectivity index (χ1v) is 4.73. The minimum Gasteiger partial charge on any atom is -0.351 e. The molecule has 0 aromatic heterocycles. The van der Waals surface area contributed by atoms with Crippen LogP contribution in [0.1, 0.15) is 17.5 Å². The summed E-state index contributed by atoms with van der Waals surface area (Å²) in [6.07, 6.45) is -4.62. The van der Waals surface area contributed by atoms with Gasteiger partial charge in [-0.1, -0.05) is 12.1 Å². The normalized spacial score (nSPS) is 10.7. The Labute approximate surface area is 95.9 Å². The summed E-state index contributed by atoms with van der Waals surface area (Å²) in [6, 6.07) is 6.15. The molecule has 6 heteroatoms. The van der Waals surface area contributed by atoms with Crippen LogP contribution in [-0.4, -0.2) is 5.91 Å². The molecule has 1 N–H and O–H groups in total. The van der Waals surface area contributed by atoms with Gasteiger partial charge in [-0.15, -0.1) is 0 Å². The van der Waals surface area contributed by atoms with E-state index in [9.17, 15) is 18.0 Å². The summed E-state index contributed by atoms with van der Waals surface area (Å²) in [6.45, 7) is 0.110. The standard InChI is InChI=1S/C11H9F3N2O/c12-11(13,14)9-3-1-8(2-4-9)7-16-10(17)5-6-15/h1-4H,5,7H2,(H,16,17). The molecule has 0 heterocycles. The van der Waals surface area contributed by atoms with E-state index in [-0.39, 0.29) is 13.0 Å². The van der Waals surface area contributed by atoms with Gasteiger partial charge in [0.05, 0.1) is 11.6 Å². The molecule has 0 saturated heterocycles. The number of rotatable bonds is 3. The van der Waals surface area contributed by atoms with Crippen molar-refractivity contribution in [2.24, 2.45) is 0 Å². The highest BCUT2D eigenvalue weighted by Crippen LogP contribution is 2.28. The summed E-state index contributed by atoms with van der Waals surface area (Å²) < 4.78 is 36.7. The Morgan fingerprint density at radius 1 is 1.29 bits per heavy atom. The number of benzene rings is 1. The molecule has 0 unspecified atom stereocenters. The Balaban J connectivity index is 2.58. The Morgan fingerprint density at radius 2 is 1.88 bits per heavy atom. The van der Waals surface area contributed by atoms with Crippen molar-refractivity contribution < 1.29 is 18.0 Å². The zero-order valence-electron chi connectivity index (χ0n) is 8.71. The van der Waals surface area contributed by atoms with Crippen molar-refractivity contribution >= 4 is 5.91 Å². The number of alkyl halides is 3. The van der Waals surface area contributed by atoms with Crippen molar-refractivity contribution in [1.29, 1.82) is 5.26 Å². The zero-order chi connectivity index (χ0) is 12.9. The molecule has 1 amide bonds. The first-order chi connectivity index (χ1) is 7.93. The molecule has 0 bridgehead atoms. The lowest BCUT2D eigenvalue weighted by Crippen LogP contribution is -2.21. The van der Waals surface area contributed by atoms with E-state index in [0.717, 1.165) is 12.1 Å². The molecule has 0 spiro atoms. The van der Waals surface area contributed by atoms with E-state index >= 15 is 0 Å². The highest BCUT2D eigenvalue weighted by atomic mass is 19.4. The molecule has 0 radical (unpaired) electrons. The van der Waals surface area contributed by atoms with Crippen molar-refractivity contribution in [2.75, 3.05) is 0 Å². The van der Waals surface area contributed by atoms with Crippen molar-refractivity contribution in [3.05, 3.63) is 35.4 Å². The van der Waals surface area contributed by atoms with Crippen LogP contribution in [0.15, 0.2) is 24.3 Å². The van der Waals surface area contributed by atoms with Gasteiger partial charge in [0.1, 0.15) is 6.42 Å². The van der Waals surface area contributed by atoms with Crippen molar-refractivity contribution in [2.45, 2.75) is 19.1 Å². The average molecular weight is 242 g/mol. The number of carbonyl (C=O) groups excluding carboxylic acids is 1. The number of amides is 1. The van der Waals surface area contributed by atoms with Gasteiger partial charge in [-0.25, -0.2) is 0 Å². The summed E-state index contributed by atoms with van der Waals surface area (Å²) in [5.74, 6) is -0.451. The molecule has 17 heavy (non-hydrogen) atoms. The minimum atomic E-state index is -4.36. The fraction of sp³-hybridized carbons (Fsp3) is 0.273. The number of halogens is 3. The molecule has 1 rings (SSSR count). The van der Waals surface area contributed by atoms with Gasteiger partial charge in [0.2, 0.25) is 5.91 Å². The van der Waals surface area contributed by atoms with E-state index in [1.165, 1.54) is 12.1 Å². The fourth-order valence-corrected chi connectivity index (χ4v) is 1.15. The van der Waals surface area contributed by atoms with E-state index in [0.29, 0.717) is 5.56 Å². The number of nitriles is 1. The Morgan fingerprint density at radius 3 is 2.35 bits per heavy atom. The van der Waals surface area contributed by atoms with Crippen molar-refractivity contribution in [3.8, 4) is 6.07 Å². The second kappa shape index (κ2) is 5.34. The van der Waals surface area contributed by atoms with Crippen LogP contribution in [0.5, 0.6) is 0 Å². The molecule has 0 aliphatic heterocycles. The first-order valence-electron chi connectivity index (χ1n) is 4.73. The van der Waals surface area contributed by atoms with E-state index in [1.807, 2.05) is 0 Å². The second-order valence-corrected chi connectivity index (χ2v) is 3.31. The van der Waals surface area contributed by atoms with Crippen LogP contribution in [0.2, 0.25) is 0 Å². The maximum atomic E-state index is 12.2. The zero-order valence-corrected chi connectivity index (χ0v) is 8.71. The van der Waals surface area contributed by atoms with Crippen LogP contribution in [0.3, 0.4) is 0 Å². The molecule has 0 aliphatic carbocycles. The van der Waals surface area contributed by atoms with Gasteiger partial charge in [-0.2, -0.15) is 18.4 Å². The molecular weight excluding hydrogens is 233 g/mol. The van der Waals surface area contributed by atoms with E-state index in [4.69, 9.17) is 5.26 Å². The van der Waals surface area contributed by atoms with Crippen LogP contribution in [0.4, 0.5) is 13.2 Å². The maximum absolute atomic E-state index is 12.2. The third kappa shape index (κ3) is 4.15. The van der Waals surface area contributed by atoms with Crippen LogP contribution >= 0.6 is 0 Å². The van der Waals surface area contributed by atoms with E-state index in [2.05, 4.69) is 5.32 Å². The predicted octanol–water partition coefficient (Wildman–Crippen LogP) is 2.24. The van der Waals surface area contributed by atoms with E-state index in [1.54, 1.807) is 6.07 Å². The SMILES string of the molecule is N#CCC(=O)NCc1ccc(C(F)(F)F)cc1. The number of nitrogens with zero attached hydrogens (tertiary/aromatic N) is 1. The van der Waals surface area contributed by atoms with Crippen LogP contribution in [-0.2, 0) is 17.5 Å². The summed E-state index contributed by atoms with van der Waals surface area (Å²) >= 11 is 0. The van der Waals surface area contributed by atoms with Gasteiger partial charge in [0.15, 0.2) is 0 Å². The average Bonchev–Trinajstić information content (AvgIpc) is 2.26. The lowest BCUT2D eigenvalue weighted by atomic mass is 10.1. The number of carbonyl (C=O) groups is 1. The van der Waals surface area contributed by atoms with Crippen LogP contribution < -0.4 is 5.32 Å². The molecule has 0 atom stereocenters. The Bertz CT molecular complexity index is 432. The molecule has 0 aliphatic rings. The van der Waals surface area contributed by atoms with Crippen LogP contribution in [0.25, 0.3) is 0 Å². The minimum absolute atomic E-state index is 0.110. The lowest BCUT2D eigenvalue weighted by molar-refractivity contribution is -0.137. The molecule has 0 fully saturated rings. The predicted molar refractivity (Wildman–Crippen MR) is 53.5 cm³/mol. The summed E-state index contributed by atoms with van der Waals surface area (Å²) in [4.78, 5) is 10.9. The fourth-order valence-electron chi connectivity index (χ4n) is 1.15. The van der Waals surface area contributed by atoms with Gasteiger partial charge < -0.3 is 5.32 Å². The summed E-state index contributed by atoms with van der Waals surface area (Å²) in [5, 5.41) is 10.6. The maximum Gasteiger partial charge on any atom is 0.416 e. The van der Waals surface area contributed by atoms with Crippen LogP contribution in [0, 0.1) is 11.3 Å². The summed E-state index contributed by atoms with van der Waals surface area (Å²) in [7, 11) is 0. The molecule has 3 nitrogen and oxygen atoms in total. The Kier molecular flexibility index (Phi) is 4.10. The van der Waals surface area contributed by atoms with Crippen molar-refractivity contribution in [1.82, 2.24) is 5.32 Å². The van der Waals surface area contributed by atoms with Crippen molar-refractivity contribution in [3.63, 3.8) is 0 Å². The largest absolute Gasteiger partial charge is 0.416 e. The quantitative estimate of drug-likeness (QED) is 0.883. The molecule has 1 aromatic carbocycles. The van der Waals surface area contributed by atoms with Gasteiger partial charge in [-0.05, 0) is 17.7 Å². The van der Waals surface area contributed by atoms with Gasteiger partial charge in [0, 0.05) is 6.54 Å². The van der Waals surface area contributed by atoms with E-state index < -0.39 is 17.6 Å². The highest BCUT2D eigenvalue weighted by Gasteiger charge is 2.29. The van der Waals surface area contributed by atoms with Gasteiger partial charge in [0.25, 0.3) is 0 Å². The highest BCUT2D eigenvalue weighted by molar-refractivity contribution is 5.77. The molecule has 1 aromatic rings. The summed E-state index contributed by atoms with van der Waals surface area (Å²) in [5.41, 5.74) is -0.186. The van der Waals surface area contributed by atoms with Gasteiger partial charge >= 0.3 is 6.18 Å². The molecule has 90 valence electrons. The Hall–Kier alpha value is -2.03. The molecule has 0 saturated carbocycles. The second-order valence-electron chi connectivity index (χ2n) is 3.31. The third-order valence-electron chi connectivity index (χ3n) is 2.01.